The third-order valence-corrected chi connectivity index (χ3v) is 2.84. The molecule has 0 aliphatic carbocycles. The number of hydrogen-bond acceptors (Lipinski definition) is 4. The van der Waals surface area contributed by atoms with Crippen LogP contribution in [-0.2, 0) is 6.54 Å². The normalized spacial score (nSPS) is 11.2. The van der Waals surface area contributed by atoms with Crippen molar-refractivity contribution >= 4 is 5.91 Å². The second-order valence-corrected chi connectivity index (χ2v) is 4.31. The van der Waals surface area contributed by atoms with Gasteiger partial charge in [-0.2, -0.15) is 0 Å². The molecule has 0 aliphatic rings. The van der Waals surface area contributed by atoms with Crippen LogP contribution in [0.25, 0.3) is 0 Å². The first kappa shape index (κ1) is 13.7. The molecular weight excluding hydrogens is 218 g/mol. The van der Waals surface area contributed by atoms with E-state index in [0.717, 1.165) is 12.3 Å². The molecule has 17 heavy (non-hydrogen) atoms. The van der Waals surface area contributed by atoms with E-state index in [0.29, 0.717) is 23.9 Å². The molecule has 0 bridgehead atoms. The maximum Gasteiger partial charge on any atom is 0.268 e. The van der Waals surface area contributed by atoms with Gasteiger partial charge in [-0.3, -0.25) is 15.1 Å². The molecule has 1 aromatic rings. The fourth-order valence-corrected chi connectivity index (χ4v) is 1.78. The van der Waals surface area contributed by atoms with E-state index in [1.54, 1.807) is 13.0 Å². The molecule has 0 aromatic carbocycles. The molecule has 5 heteroatoms. The molecule has 1 aromatic heterocycles. The summed E-state index contributed by atoms with van der Waals surface area (Å²) < 4.78 is 5.56. The van der Waals surface area contributed by atoms with E-state index >= 15 is 0 Å². The molecule has 1 heterocycles. The predicted octanol–water partition coefficient (Wildman–Crippen LogP) is 1.42. The van der Waals surface area contributed by atoms with Gasteiger partial charge in [0, 0.05) is 6.04 Å². The number of carbonyl (C=O) groups excluding carboxylic acids is 1. The molecule has 0 aliphatic heterocycles. The molecule has 1 rings (SSSR count). The largest absolute Gasteiger partial charge is 0.464 e. The fraction of sp³-hybridized carbons (Fsp3) is 0.583. The zero-order valence-corrected chi connectivity index (χ0v) is 10.9. The van der Waals surface area contributed by atoms with E-state index in [-0.39, 0.29) is 5.91 Å². The van der Waals surface area contributed by atoms with Gasteiger partial charge < -0.3 is 4.42 Å². The summed E-state index contributed by atoms with van der Waals surface area (Å²) in [5.41, 5.74) is 2.62. The van der Waals surface area contributed by atoms with Crippen molar-refractivity contribution in [1.82, 2.24) is 10.3 Å². The minimum Gasteiger partial charge on any atom is -0.464 e. The molecule has 5 nitrogen and oxygen atoms in total. The molecule has 0 fully saturated rings. The van der Waals surface area contributed by atoms with Crippen molar-refractivity contribution in [2.75, 3.05) is 6.54 Å². The van der Waals surface area contributed by atoms with Crippen molar-refractivity contribution in [1.29, 1.82) is 0 Å². The Hall–Kier alpha value is -1.33. The standard InChI is InChI=1S/C12H21N3O2/c1-5-15(8(2)3)7-10-6-11(9(4)17-10)12(16)14-13/h6,8H,5,7,13H2,1-4H3,(H,14,16). The first-order chi connectivity index (χ1) is 7.99. The van der Waals surface area contributed by atoms with Gasteiger partial charge in [-0.25, -0.2) is 5.84 Å². The second-order valence-electron chi connectivity index (χ2n) is 4.31. The van der Waals surface area contributed by atoms with Gasteiger partial charge in [-0.1, -0.05) is 6.92 Å². The number of aryl methyl sites for hydroxylation is 1. The number of rotatable bonds is 5. The summed E-state index contributed by atoms with van der Waals surface area (Å²) >= 11 is 0. The number of nitrogen functional groups attached to an aromatic ring is 1. The quantitative estimate of drug-likeness (QED) is 0.463. The number of nitrogens with zero attached hydrogens (tertiary/aromatic N) is 1. The van der Waals surface area contributed by atoms with Crippen LogP contribution in [0.5, 0.6) is 0 Å². The summed E-state index contributed by atoms with van der Waals surface area (Å²) in [7, 11) is 0. The smallest absolute Gasteiger partial charge is 0.268 e. The van der Waals surface area contributed by atoms with Crippen LogP contribution < -0.4 is 11.3 Å². The van der Waals surface area contributed by atoms with Crippen molar-refractivity contribution in [3.05, 3.63) is 23.2 Å². The number of hydrazine groups is 1. The van der Waals surface area contributed by atoms with Gasteiger partial charge >= 0.3 is 0 Å². The maximum absolute atomic E-state index is 11.4. The lowest BCUT2D eigenvalue weighted by atomic mass is 10.2. The highest BCUT2D eigenvalue weighted by Gasteiger charge is 2.16. The fourth-order valence-electron chi connectivity index (χ4n) is 1.78. The Balaban J connectivity index is 2.83. The number of carbonyl (C=O) groups is 1. The Morgan fingerprint density at radius 3 is 2.71 bits per heavy atom. The molecule has 1 amide bonds. The second kappa shape index (κ2) is 5.84. The Morgan fingerprint density at radius 2 is 2.24 bits per heavy atom. The van der Waals surface area contributed by atoms with Gasteiger partial charge in [0.25, 0.3) is 5.91 Å². The van der Waals surface area contributed by atoms with Gasteiger partial charge in [0.05, 0.1) is 12.1 Å². The minimum atomic E-state index is -0.315. The van der Waals surface area contributed by atoms with Crippen LogP contribution >= 0.6 is 0 Å². The minimum absolute atomic E-state index is 0.315. The molecule has 0 radical (unpaired) electrons. The monoisotopic (exact) mass is 239 g/mol. The predicted molar refractivity (Wildman–Crippen MR) is 66.3 cm³/mol. The molecule has 3 N–H and O–H groups in total. The highest BCUT2D eigenvalue weighted by molar-refractivity contribution is 5.94. The number of nitrogens with two attached hydrogens (primary N) is 1. The lowest BCUT2D eigenvalue weighted by Crippen LogP contribution is -2.30. The maximum atomic E-state index is 11.4. The Bertz CT molecular complexity index is 385. The van der Waals surface area contributed by atoms with Gasteiger partial charge in [0.1, 0.15) is 11.5 Å². The summed E-state index contributed by atoms with van der Waals surface area (Å²) in [6.07, 6.45) is 0. The molecule has 0 unspecified atom stereocenters. The molecule has 0 spiro atoms. The van der Waals surface area contributed by atoms with Crippen LogP contribution in [-0.4, -0.2) is 23.4 Å². The summed E-state index contributed by atoms with van der Waals surface area (Å²) in [5.74, 6) is 6.18. The van der Waals surface area contributed by atoms with Crippen LogP contribution in [0.2, 0.25) is 0 Å². The number of furan rings is 1. The average molecular weight is 239 g/mol. The van der Waals surface area contributed by atoms with Gasteiger partial charge in [0.2, 0.25) is 0 Å². The zero-order chi connectivity index (χ0) is 13.0. The third-order valence-electron chi connectivity index (χ3n) is 2.84. The lowest BCUT2D eigenvalue weighted by Gasteiger charge is -2.23. The van der Waals surface area contributed by atoms with E-state index in [1.165, 1.54) is 0 Å². The highest BCUT2D eigenvalue weighted by Crippen LogP contribution is 2.17. The Kier molecular flexibility index (Phi) is 4.72. The average Bonchev–Trinajstić information content (AvgIpc) is 2.65. The number of nitrogens with one attached hydrogen (secondary N) is 1. The van der Waals surface area contributed by atoms with Crippen molar-refractivity contribution in [2.45, 2.75) is 40.3 Å². The first-order valence-corrected chi connectivity index (χ1v) is 5.83. The van der Waals surface area contributed by atoms with Crippen LogP contribution in [0.3, 0.4) is 0 Å². The van der Waals surface area contributed by atoms with E-state index in [9.17, 15) is 4.79 Å². The number of amides is 1. The molecular formula is C12H21N3O2. The lowest BCUT2D eigenvalue weighted by molar-refractivity contribution is 0.0952. The summed E-state index contributed by atoms with van der Waals surface area (Å²) in [4.78, 5) is 13.7. The van der Waals surface area contributed by atoms with Gasteiger partial charge in [-0.05, 0) is 33.4 Å². The van der Waals surface area contributed by atoms with E-state index in [4.69, 9.17) is 10.3 Å². The van der Waals surface area contributed by atoms with E-state index in [1.807, 2.05) is 0 Å². The van der Waals surface area contributed by atoms with Crippen molar-refractivity contribution in [2.24, 2.45) is 5.84 Å². The molecule has 96 valence electrons. The highest BCUT2D eigenvalue weighted by atomic mass is 16.3. The van der Waals surface area contributed by atoms with Gasteiger partial charge in [-0.15, -0.1) is 0 Å². The topological polar surface area (TPSA) is 71.5 Å². The summed E-state index contributed by atoms with van der Waals surface area (Å²) in [6.45, 7) is 9.77. The van der Waals surface area contributed by atoms with Crippen molar-refractivity contribution in [3.63, 3.8) is 0 Å². The molecule has 0 saturated heterocycles. The van der Waals surface area contributed by atoms with E-state index < -0.39 is 0 Å². The molecule has 0 saturated carbocycles. The zero-order valence-electron chi connectivity index (χ0n) is 10.9. The third kappa shape index (κ3) is 3.31. The van der Waals surface area contributed by atoms with Crippen LogP contribution in [0.15, 0.2) is 10.5 Å². The van der Waals surface area contributed by atoms with Crippen LogP contribution in [0.1, 0.15) is 42.6 Å². The number of hydrogen-bond donors (Lipinski definition) is 2. The van der Waals surface area contributed by atoms with Crippen molar-refractivity contribution < 1.29 is 9.21 Å². The summed E-state index contributed by atoms with van der Waals surface area (Å²) in [5, 5.41) is 0. The first-order valence-electron chi connectivity index (χ1n) is 5.83. The SMILES string of the molecule is CCN(Cc1cc(C(=O)NN)c(C)o1)C(C)C. The van der Waals surface area contributed by atoms with Crippen LogP contribution in [0, 0.1) is 6.92 Å². The molecule has 0 atom stereocenters. The Labute approximate surface area is 102 Å². The van der Waals surface area contributed by atoms with Crippen molar-refractivity contribution in [3.8, 4) is 0 Å². The van der Waals surface area contributed by atoms with E-state index in [2.05, 4.69) is 31.1 Å². The van der Waals surface area contributed by atoms with Gasteiger partial charge in [0.15, 0.2) is 0 Å². The van der Waals surface area contributed by atoms with Crippen LogP contribution in [0.4, 0.5) is 0 Å². The summed E-state index contributed by atoms with van der Waals surface area (Å²) in [6, 6.07) is 2.19. The Morgan fingerprint density at radius 1 is 1.59 bits per heavy atom.